The Bertz CT molecular complexity index is 1210. The van der Waals surface area contributed by atoms with E-state index in [0.29, 0.717) is 11.3 Å². The van der Waals surface area contributed by atoms with E-state index in [1.165, 1.54) is 0 Å². The Morgan fingerprint density at radius 3 is 2.76 bits per heavy atom. The van der Waals surface area contributed by atoms with Crippen LogP contribution in [0.3, 0.4) is 0 Å². The van der Waals surface area contributed by atoms with Crippen LogP contribution in [0.15, 0.2) is 64.2 Å². The van der Waals surface area contributed by atoms with E-state index in [9.17, 15) is 9.90 Å². The molecule has 2 aromatic carbocycles. The van der Waals surface area contributed by atoms with Gasteiger partial charge in [-0.1, -0.05) is 42.1 Å². The maximum Gasteiger partial charge on any atom is 0.295 e. The molecule has 0 aliphatic heterocycles. The molecule has 2 N–H and O–H groups in total. The first-order valence-corrected chi connectivity index (χ1v) is 9.83. The van der Waals surface area contributed by atoms with Crippen molar-refractivity contribution in [2.75, 3.05) is 0 Å². The van der Waals surface area contributed by atoms with Crippen LogP contribution in [0.2, 0.25) is 0 Å². The van der Waals surface area contributed by atoms with E-state index in [-0.39, 0.29) is 11.6 Å². The fraction of sp³-hybridized carbons (Fsp3) is 0.150. The summed E-state index contributed by atoms with van der Waals surface area (Å²) in [6, 6.07) is 12.8. The molecule has 0 bridgehead atoms. The minimum Gasteiger partial charge on any atom is -0.493 e. The van der Waals surface area contributed by atoms with Gasteiger partial charge in [0.1, 0.15) is 6.33 Å². The van der Waals surface area contributed by atoms with Gasteiger partial charge in [0.25, 0.3) is 5.91 Å². The molecule has 0 unspecified atom stereocenters. The minimum atomic E-state index is -0.473. The summed E-state index contributed by atoms with van der Waals surface area (Å²) in [5, 5.41) is 27.3. The second kappa shape index (κ2) is 7.88. The maximum absolute atomic E-state index is 12.4. The van der Waals surface area contributed by atoms with Crippen molar-refractivity contribution in [3.05, 3.63) is 65.5 Å². The summed E-state index contributed by atoms with van der Waals surface area (Å²) >= 11 is 1.56. The highest BCUT2D eigenvalue weighted by Crippen LogP contribution is 2.36. The Hall–Kier alpha value is -3.46. The molecule has 0 atom stereocenters. The average Bonchev–Trinajstić information content (AvgIpc) is 3.28. The van der Waals surface area contributed by atoms with Crippen LogP contribution >= 0.6 is 11.8 Å². The summed E-state index contributed by atoms with van der Waals surface area (Å²) in [5.41, 5.74) is 3.48. The number of azo groups is 1. The Morgan fingerprint density at radius 1 is 1.24 bits per heavy atom. The first kappa shape index (κ1) is 18.9. The lowest BCUT2D eigenvalue weighted by atomic mass is 10.1. The molecule has 2 aromatic heterocycles. The van der Waals surface area contributed by atoms with Crippen molar-refractivity contribution in [1.82, 2.24) is 19.7 Å². The highest BCUT2D eigenvalue weighted by molar-refractivity contribution is 7.98. The molecule has 8 nitrogen and oxygen atoms in total. The highest BCUT2D eigenvalue weighted by atomic mass is 32.2. The smallest absolute Gasteiger partial charge is 0.295 e. The third-order valence-electron chi connectivity index (χ3n) is 4.48. The number of aromatic hydroxyl groups is 1. The molecule has 0 spiro atoms. The van der Waals surface area contributed by atoms with Crippen LogP contribution in [0.4, 0.5) is 5.69 Å². The third kappa shape index (κ3) is 3.90. The minimum absolute atomic E-state index is 0.109. The van der Waals surface area contributed by atoms with Gasteiger partial charge in [-0.05, 0) is 30.2 Å². The zero-order valence-corrected chi connectivity index (χ0v) is 16.6. The topological polar surface area (TPSA) is 109 Å². The van der Waals surface area contributed by atoms with E-state index < -0.39 is 5.91 Å². The quantitative estimate of drug-likeness (QED) is 0.374. The number of para-hydroxylation sites is 1. The van der Waals surface area contributed by atoms with Crippen molar-refractivity contribution < 1.29 is 9.90 Å². The second-order valence-electron chi connectivity index (χ2n) is 6.53. The van der Waals surface area contributed by atoms with E-state index >= 15 is 0 Å². The van der Waals surface area contributed by atoms with Crippen molar-refractivity contribution in [2.45, 2.75) is 17.8 Å². The molecule has 0 aliphatic carbocycles. The number of rotatable bonds is 5. The van der Waals surface area contributed by atoms with Crippen LogP contribution in [0.25, 0.3) is 10.9 Å². The van der Waals surface area contributed by atoms with Gasteiger partial charge >= 0.3 is 0 Å². The zero-order chi connectivity index (χ0) is 20.4. The predicted molar refractivity (Wildman–Crippen MR) is 111 cm³/mol. The summed E-state index contributed by atoms with van der Waals surface area (Å²) in [7, 11) is 1.89. The first-order chi connectivity index (χ1) is 14.0. The number of hydrogen-bond acceptors (Lipinski definition) is 6. The van der Waals surface area contributed by atoms with Gasteiger partial charge in [0.15, 0.2) is 10.8 Å². The van der Waals surface area contributed by atoms with E-state index in [0.717, 1.165) is 27.2 Å². The molecule has 4 rings (SSSR count). The lowest BCUT2D eigenvalue weighted by Gasteiger charge is -2.02. The number of aryl methyl sites for hydroxylation is 2. The average molecular weight is 406 g/mol. The van der Waals surface area contributed by atoms with Crippen molar-refractivity contribution >= 4 is 34.3 Å². The Balaban J connectivity index is 1.47. The van der Waals surface area contributed by atoms with Gasteiger partial charge in [-0.25, -0.2) is 0 Å². The number of benzene rings is 2. The lowest BCUT2D eigenvalue weighted by molar-refractivity contribution is 0.0995. The molecule has 2 heterocycles. The van der Waals surface area contributed by atoms with Gasteiger partial charge < -0.3 is 14.7 Å². The fourth-order valence-electron chi connectivity index (χ4n) is 2.89. The van der Waals surface area contributed by atoms with Crippen LogP contribution in [0.1, 0.15) is 21.5 Å². The molecule has 0 aliphatic rings. The maximum atomic E-state index is 12.4. The first-order valence-electron chi connectivity index (χ1n) is 8.85. The number of nitrogens with one attached hydrogen (secondary N) is 1. The molecular weight excluding hydrogens is 388 g/mol. The van der Waals surface area contributed by atoms with Crippen LogP contribution in [0, 0.1) is 6.92 Å². The number of aromatic nitrogens is 4. The van der Waals surface area contributed by atoms with Crippen molar-refractivity contribution in [3.8, 4) is 5.88 Å². The van der Waals surface area contributed by atoms with E-state index in [4.69, 9.17) is 0 Å². The van der Waals surface area contributed by atoms with E-state index in [1.807, 2.05) is 48.9 Å². The van der Waals surface area contributed by atoms with Crippen molar-refractivity contribution in [1.29, 1.82) is 0 Å². The second-order valence-corrected chi connectivity index (χ2v) is 7.48. The van der Waals surface area contributed by atoms with E-state index in [1.54, 1.807) is 30.2 Å². The van der Waals surface area contributed by atoms with Gasteiger partial charge in [0, 0.05) is 23.8 Å². The molecule has 0 radical (unpaired) electrons. The normalized spacial score (nSPS) is 11.5. The summed E-state index contributed by atoms with van der Waals surface area (Å²) in [6.07, 6.45) is 1.65. The number of carbonyl (C=O) groups excluding carboxylic acids is 1. The van der Waals surface area contributed by atoms with Gasteiger partial charge in [-0.3, -0.25) is 4.79 Å². The Labute approximate surface area is 170 Å². The Morgan fingerprint density at radius 2 is 2.03 bits per heavy atom. The number of carbonyl (C=O) groups is 1. The van der Waals surface area contributed by atoms with Crippen LogP contribution in [-0.4, -0.2) is 30.8 Å². The summed E-state index contributed by atoms with van der Waals surface area (Å²) in [4.78, 5) is 15.2. The number of nitrogens with zero attached hydrogens (tertiary/aromatic N) is 5. The van der Waals surface area contributed by atoms with Crippen LogP contribution in [0.5, 0.6) is 5.88 Å². The predicted octanol–water partition coefficient (Wildman–Crippen LogP) is 4.53. The highest BCUT2D eigenvalue weighted by Gasteiger charge is 2.13. The fourth-order valence-corrected chi connectivity index (χ4v) is 3.73. The molecule has 9 heteroatoms. The largest absolute Gasteiger partial charge is 0.493 e. The van der Waals surface area contributed by atoms with Crippen LogP contribution < -0.4 is 0 Å². The molecule has 29 heavy (non-hydrogen) atoms. The Kier molecular flexibility index (Phi) is 5.13. The van der Waals surface area contributed by atoms with Crippen molar-refractivity contribution in [3.63, 3.8) is 0 Å². The molecule has 0 saturated carbocycles. The zero-order valence-electron chi connectivity index (χ0n) is 15.8. The van der Waals surface area contributed by atoms with Crippen LogP contribution in [-0.2, 0) is 12.8 Å². The van der Waals surface area contributed by atoms with Crippen molar-refractivity contribution in [2.24, 2.45) is 17.3 Å². The summed E-state index contributed by atoms with van der Waals surface area (Å²) in [6.45, 7) is 1.93. The van der Waals surface area contributed by atoms with Gasteiger partial charge in [-0.2, -0.15) is 0 Å². The number of H-pyrrole nitrogens is 1. The number of thioether (sulfide) groups is 1. The summed E-state index contributed by atoms with van der Waals surface area (Å²) < 4.78 is 1.85. The van der Waals surface area contributed by atoms with Gasteiger partial charge in [-0.15, -0.1) is 20.4 Å². The molecule has 146 valence electrons. The number of hydrogen-bond donors (Lipinski definition) is 2. The molecular formula is C20H18N6O2S. The van der Waals surface area contributed by atoms with Gasteiger partial charge in [0.2, 0.25) is 5.88 Å². The summed E-state index contributed by atoms with van der Waals surface area (Å²) in [5.74, 6) is 0.131. The van der Waals surface area contributed by atoms with E-state index in [2.05, 4.69) is 25.4 Å². The molecule has 0 fully saturated rings. The molecule has 0 saturated heterocycles. The number of fused-ring (bicyclic) bond motifs is 1. The molecule has 4 aromatic rings. The number of amides is 1. The lowest BCUT2D eigenvalue weighted by Crippen LogP contribution is -1.94. The SMILES string of the molecule is Cc1cccc2c(N=NC(=O)c3ccc(CSc4nncn4C)cc3)c(O)[nH]c12. The molecule has 1 amide bonds. The van der Waals surface area contributed by atoms with Gasteiger partial charge in [0.05, 0.1) is 5.52 Å². The monoisotopic (exact) mass is 406 g/mol. The number of aromatic amines is 1. The standard InChI is InChI=1S/C20H18N6O2S/c1-12-4-3-5-15-16(12)22-19(28)17(15)23-24-18(27)14-8-6-13(7-9-14)10-29-20-25-21-11-26(20)2/h3-9,11,22,28H,10H2,1-2H3. The third-order valence-corrected chi connectivity index (χ3v) is 5.58.